The molecule has 2 rings (SSSR count). The molecule has 3 unspecified atom stereocenters. The van der Waals surface area contributed by atoms with Crippen molar-refractivity contribution in [2.75, 3.05) is 7.11 Å². The first-order chi connectivity index (χ1) is 7.54. The quantitative estimate of drug-likeness (QED) is 0.756. The smallest absolute Gasteiger partial charge is 0.407 e. The van der Waals surface area contributed by atoms with Crippen molar-refractivity contribution >= 4 is 12.1 Å². The maximum Gasteiger partial charge on any atom is 0.407 e. The highest BCUT2D eigenvalue weighted by atomic mass is 16.5. The molecule has 0 radical (unpaired) electrons. The second kappa shape index (κ2) is 3.96. The number of hydrogen-bond donors (Lipinski definition) is 2. The van der Waals surface area contributed by atoms with E-state index in [1.807, 2.05) is 0 Å². The SMILES string of the molecule is COC(=O)NC(C(=O)O)C1CC2C(C)C2C1. The predicted molar refractivity (Wildman–Crippen MR) is 55.8 cm³/mol. The minimum Gasteiger partial charge on any atom is -0.480 e. The van der Waals surface area contributed by atoms with Crippen LogP contribution in [0.4, 0.5) is 4.79 Å². The molecule has 90 valence electrons. The Labute approximate surface area is 94.2 Å². The summed E-state index contributed by atoms with van der Waals surface area (Å²) >= 11 is 0. The average Bonchev–Trinajstić information content (AvgIpc) is 2.67. The van der Waals surface area contributed by atoms with Gasteiger partial charge in [-0.3, -0.25) is 0 Å². The maximum atomic E-state index is 11.1. The highest BCUT2D eigenvalue weighted by Gasteiger charge is 2.55. The fraction of sp³-hybridized carbons (Fsp3) is 0.818. The van der Waals surface area contributed by atoms with Crippen LogP contribution in [0.2, 0.25) is 0 Å². The monoisotopic (exact) mass is 227 g/mol. The number of ether oxygens (including phenoxy) is 1. The van der Waals surface area contributed by atoms with Gasteiger partial charge in [-0.15, -0.1) is 0 Å². The zero-order chi connectivity index (χ0) is 11.9. The number of aliphatic carboxylic acids is 1. The lowest BCUT2D eigenvalue weighted by atomic mass is 9.92. The van der Waals surface area contributed by atoms with Crippen molar-refractivity contribution in [1.29, 1.82) is 0 Å². The van der Waals surface area contributed by atoms with Gasteiger partial charge in [0.25, 0.3) is 0 Å². The number of fused-ring (bicyclic) bond motifs is 1. The molecule has 1 amide bonds. The van der Waals surface area contributed by atoms with Gasteiger partial charge in [-0.1, -0.05) is 6.92 Å². The van der Waals surface area contributed by atoms with Crippen LogP contribution in [0.1, 0.15) is 19.8 Å². The summed E-state index contributed by atoms with van der Waals surface area (Å²) in [6, 6.07) is -0.799. The third kappa shape index (κ3) is 1.86. The minimum absolute atomic E-state index is 0.0581. The standard InChI is InChI=1S/C11H17NO4/c1-5-7-3-6(4-8(5)7)9(10(13)14)12-11(15)16-2/h5-9H,3-4H2,1-2H3,(H,12,15)(H,13,14). The van der Waals surface area contributed by atoms with Gasteiger partial charge in [0.15, 0.2) is 0 Å². The lowest BCUT2D eigenvalue weighted by Crippen LogP contribution is -2.45. The van der Waals surface area contributed by atoms with Crippen molar-refractivity contribution in [2.24, 2.45) is 23.7 Å². The number of methoxy groups -OCH3 is 1. The number of carbonyl (C=O) groups is 2. The Bertz CT molecular complexity index is 305. The fourth-order valence-electron chi connectivity index (χ4n) is 3.05. The van der Waals surface area contributed by atoms with Crippen LogP contribution in [-0.2, 0) is 9.53 Å². The molecule has 2 aliphatic carbocycles. The zero-order valence-electron chi connectivity index (χ0n) is 9.47. The van der Waals surface area contributed by atoms with Gasteiger partial charge in [-0.2, -0.15) is 0 Å². The Hall–Kier alpha value is -1.26. The van der Waals surface area contributed by atoms with E-state index in [2.05, 4.69) is 17.0 Å². The zero-order valence-corrected chi connectivity index (χ0v) is 9.47. The van der Waals surface area contributed by atoms with E-state index in [0.29, 0.717) is 11.8 Å². The van der Waals surface area contributed by atoms with Crippen LogP contribution in [0.3, 0.4) is 0 Å². The third-order valence-corrected chi connectivity index (χ3v) is 4.11. The Morgan fingerprint density at radius 3 is 2.38 bits per heavy atom. The molecule has 2 fully saturated rings. The average molecular weight is 227 g/mol. The summed E-state index contributed by atoms with van der Waals surface area (Å²) in [5, 5.41) is 11.5. The van der Waals surface area contributed by atoms with Crippen molar-refractivity contribution in [3.8, 4) is 0 Å². The normalized spacial score (nSPS) is 37.4. The molecule has 2 N–H and O–H groups in total. The number of carboxylic acid groups (broad SMARTS) is 1. The van der Waals surface area contributed by atoms with Gasteiger partial charge in [0.2, 0.25) is 0 Å². The second-order valence-corrected chi connectivity index (χ2v) is 4.87. The van der Waals surface area contributed by atoms with Crippen LogP contribution < -0.4 is 5.32 Å². The summed E-state index contributed by atoms with van der Waals surface area (Å²) in [6.07, 6.45) is 1.15. The van der Waals surface area contributed by atoms with E-state index in [0.717, 1.165) is 18.8 Å². The van der Waals surface area contributed by atoms with Gasteiger partial charge in [0, 0.05) is 0 Å². The Morgan fingerprint density at radius 2 is 1.94 bits per heavy atom. The van der Waals surface area contributed by atoms with Crippen LogP contribution in [-0.4, -0.2) is 30.3 Å². The molecule has 5 nitrogen and oxygen atoms in total. The summed E-state index contributed by atoms with van der Waals surface area (Å²) in [6.45, 7) is 2.20. The minimum atomic E-state index is -0.968. The molecule has 0 aliphatic heterocycles. The van der Waals surface area contributed by atoms with Crippen molar-refractivity contribution in [3.05, 3.63) is 0 Å². The molecule has 16 heavy (non-hydrogen) atoms. The van der Waals surface area contributed by atoms with E-state index in [1.165, 1.54) is 7.11 Å². The maximum absolute atomic E-state index is 11.1. The predicted octanol–water partition coefficient (Wildman–Crippen LogP) is 1.09. The summed E-state index contributed by atoms with van der Waals surface area (Å²) in [5.74, 6) is 1.17. The van der Waals surface area contributed by atoms with Crippen LogP contribution in [0.15, 0.2) is 0 Å². The van der Waals surface area contributed by atoms with E-state index < -0.39 is 18.1 Å². The number of nitrogens with one attached hydrogen (secondary N) is 1. The molecule has 2 saturated carbocycles. The first kappa shape index (κ1) is 11.2. The van der Waals surface area contributed by atoms with E-state index in [-0.39, 0.29) is 5.92 Å². The van der Waals surface area contributed by atoms with E-state index in [9.17, 15) is 9.59 Å². The van der Waals surface area contributed by atoms with Crippen LogP contribution in [0.5, 0.6) is 0 Å². The highest BCUT2D eigenvalue weighted by Crippen LogP contribution is 2.59. The van der Waals surface area contributed by atoms with E-state index in [4.69, 9.17) is 5.11 Å². The van der Waals surface area contributed by atoms with Gasteiger partial charge in [-0.25, -0.2) is 9.59 Å². The lowest BCUT2D eigenvalue weighted by Gasteiger charge is -2.21. The van der Waals surface area contributed by atoms with Crippen molar-refractivity contribution in [1.82, 2.24) is 5.32 Å². The molecule has 0 saturated heterocycles. The molecule has 0 aromatic heterocycles. The Kier molecular flexibility index (Phi) is 2.78. The summed E-state index contributed by atoms with van der Waals surface area (Å²) in [4.78, 5) is 22.1. The van der Waals surface area contributed by atoms with Crippen molar-refractivity contribution in [2.45, 2.75) is 25.8 Å². The molecule has 2 aliphatic rings. The molecule has 0 aromatic rings. The van der Waals surface area contributed by atoms with Gasteiger partial charge in [-0.05, 0) is 36.5 Å². The molecule has 0 aromatic carbocycles. The van der Waals surface area contributed by atoms with Gasteiger partial charge < -0.3 is 15.2 Å². The molecular weight excluding hydrogens is 210 g/mol. The first-order valence-electron chi connectivity index (χ1n) is 5.62. The van der Waals surface area contributed by atoms with Crippen LogP contribution in [0.25, 0.3) is 0 Å². The Morgan fingerprint density at radius 1 is 1.38 bits per heavy atom. The highest BCUT2D eigenvalue weighted by molar-refractivity contribution is 5.80. The molecular formula is C11H17NO4. The van der Waals surface area contributed by atoms with Crippen molar-refractivity contribution < 1.29 is 19.4 Å². The number of hydrogen-bond acceptors (Lipinski definition) is 3. The first-order valence-corrected chi connectivity index (χ1v) is 5.62. The lowest BCUT2D eigenvalue weighted by molar-refractivity contribution is -0.140. The molecule has 5 heteroatoms. The number of carboxylic acids is 1. The molecule has 3 atom stereocenters. The molecule has 0 heterocycles. The van der Waals surface area contributed by atoms with E-state index in [1.54, 1.807) is 0 Å². The van der Waals surface area contributed by atoms with Gasteiger partial charge in [0.1, 0.15) is 6.04 Å². The summed E-state index contributed by atoms with van der Waals surface area (Å²) in [7, 11) is 1.24. The number of carbonyl (C=O) groups excluding carboxylic acids is 1. The van der Waals surface area contributed by atoms with Gasteiger partial charge >= 0.3 is 12.1 Å². The third-order valence-electron chi connectivity index (χ3n) is 4.11. The number of alkyl carbamates (subject to hydrolysis) is 1. The number of amides is 1. The topological polar surface area (TPSA) is 75.6 Å². The number of rotatable bonds is 3. The summed E-state index contributed by atoms with van der Waals surface area (Å²) < 4.78 is 4.44. The Balaban J connectivity index is 1.93. The van der Waals surface area contributed by atoms with Crippen LogP contribution >= 0.6 is 0 Å². The molecule has 0 spiro atoms. The molecule has 0 bridgehead atoms. The second-order valence-electron chi connectivity index (χ2n) is 4.87. The van der Waals surface area contributed by atoms with Gasteiger partial charge in [0.05, 0.1) is 7.11 Å². The van der Waals surface area contributed by atoms with Crippen LogP contribution in [0, 0.1) is 23.7 Å². The fourth-order valence-corrected chi connectivity index (χ4v) is 3.05. The van der Waals surface area contributed by atoms with E-state index >= 15 is 0 Å². The summed E-state index contributed by atoms with van der Waals surface area (Å²) in [5.41, 5.74) is 0. The largest absolute Gasteiger partial charge is 0.480 e. The van der Waals surface area contributed by atoms with Crippen molar-refractivity contribution in [3.63, 3.8) is 0 Å².